The number of carbonyl (C=O) groups is 3. The number of halogens is 6. The summed E-state index contributed by atoms with van der Waals surface area (Å²) in [5.74, 6) is -7.38. The first-order valence-corrected chi connectivity index (χ1v) is 5.62. The van der Waals surface area contributed by atoms with E-state index in [2.05, 4.69) is 4.74 Å². The highest BCUT2D eigenvalue weighted by molar-refractivity contribution is 5.89. The Morgan fingerprint density at radius 1 is 0.905 bits per heavy atom. The molecule has 21 heavy (non-hydrogen) atoms. The van der Waals surface area contributed by atoms with Gasteiger partial charge in [-0.15, -0.1) is 0 Å². The first-order valence-electron chi connectivity index (χ1n) is 5.62. The topological polar surface area (TPSA) is 63.7 Å². The van der Waals surface area contributed by atoms with Gasteiger partial charge in [-0.1, -0.05) is 0 Å². The molecule has 1 aliphatic heterocycles. The molecule has 0 unspecified atom stereocenters. The largest absolute Gasteiger partial charge is 0.491 e. The zero-order valence-electron chi connectivity index (χ0n) is 10.3. The Bertz CT molecular complexity index is 436. The van der Waals surface area contributed by atoms with Crippen LogP contribution in [-0.4, -0.2) is 48.2 Å². The lowest BCUT2D eigenvalue weighted by Gasteiger charge is -2.31. The maximum Gasteiger partial charge on any atom is 0.491 e. The van der Waals surface area contributed by atoms with Crippen molar-refractivity contribution in [3.63, 3.8) is 0 Å². The quantitative estimate of drug-likeness (QED) is 0.416. The van der Waals surface area contributed by atoms with Gasteiger partial charge in [-0.05, 0) is 12.8 Å². The SMILES string of the molecule is O=C(OC(=O)C(F)(F)F)C1CCN(C(=O)C(F)(F)F)CC1. The molecule has 0 aromatic rings. The summed E-state index contributed by atoms with van der Waals surface area (Å²) in [6.07, 6.45) is -11.0. The Morgan fingerprint density at radius 3 is 1.76 bits per heavy atom. The summed E-state index contributed by atoms with van der Waals surface area (Å²) >= 11 is 0. The number of rotatable bonds is 1. The van der Waals surface area contributed by atoms with Crippen LogP contribution in [0.15, 0.2) is 0 Å². The van der Waals surface area contributed by atoms with Crippen molar-refractivity contribution < 1.29 is 45.5 Å². The molecule has 11 heteroatoms. The van der Waals surface area contributed by atoms with Gasteiger partial charge in [0.25, 0.3) is 0 Å². The van der Waals surface area contributed by atoms with Crippen LogP contribution in [0.2, 0.25) is 0 Å². The van der Waals surface area contributed by atoms with Crippen molar-refractivity contribution in [2.45, 2.75) is 25.2 Å². The predicted octanol–water partition coefficient (Wildman–Crippen LogP) is 1.42. The molecule has 1 heterocycles. The van der Waals surface area contributed by atoms with Crippen molar-refractivity contribution in [2.24, 2.45) is 5.92 Å². The summed E-state index contributed by atoms with van der Waals surface area (Å²) in [5.41, 5.74) is 0. The zero-order chi connectivity index (χ0) is 16.4. The zero-order valence-corrected chi connectivity index (χ0v) is 10.3. The summed E-state index contributed by atoms with van der Waals surface area (Å²) in [6, 6.07) is 0. The highest BCUT2D eigenvalue weighted by atomic mass is 19.4. The molecule has 5 nitrogen and oxygen atoms in total. The number of esters is 2. The molecule has 0 atom stereocenters. The lowest BCUT2D eigenvalue weighted by atomic mass is 9.97. The van der Waals surface area contributed by atoms with Crippen LogP contribution in [0.4, 0.5) is 26.3 Å². The maximum absolute atomic E-state index is 12.1. The number of nitrogens with zero attached hydrogens (tertiary/aromatic N) is 1. The van der Waals surface area contributed by atoms with E-state index in [0.29, 0.717) is 4.90 Å². The Morgan fingerprint density at radius 2 is 1.38 bits per heavy atom. The Balaban J connectivity index is 2.52. The van der Waals surface area contributed by atoms with Crippen LogP contribution < -0.4 is 0 Å². The Labute approximate surface area is 113 Å². The third kappa shape index (κ3) is 4.60. The van der Waals surface area contributed by atoms with E-state index in [1.807, 2.05) is 0 Å². The van der Waals surface area contributed by atoms with Crippen LogP contribution in [0.3, 0.4) is 0 Å². The van der Waals surface area contributed by atoms with Gasteiger partial charge in [-0.3, -0.25) is 9.59 Å². The van der Waals surface area contributed by atoms with E-state index in [0.717, 1.165) is 0 Å². The first-order chi connectivity index (χ1) is 9.43. The van der Waals surface area contributed by atoms with Gasteiger partial charge in [-0.25, -0.2) is 4.79 Å². The highest BCUT2D eigenvalue weighted by Crippen LogP contribution is 2.25. The minimum absolute atomic E-state index is 0.314. The van der Waals surface area contributed by atoms with E-state index in [4.69, 9.17) is 0 Å². The second-order valence-corrected chi connectivity index (χ2v) is 4.27. The molecular formula is C10H9F6NO4. The van der Waals surface area contributed by atoms with E-state index in [-0.39, 0.29) is 12.8 Å². The molecule has 0 aromatic heterocycles. The molecule has 0 spiro atoms. The van der Waals surface area contributed by atoms with Crippen molar-refractivity contribution >= 4 is 17.8 Å². The molecule has 0 N–H and O–H groups in total. The fraction of sp³-hybridized carbons (Fsp3) is 0.700. The average molecular weight is 321 g/mol. The summed E-state index contributed by atoms with van der Waals surface area (Å²) in [5, 5.41) is 0. The van der Waals surface area contributed by atoms with Crippen LogP contribution in [0, 0.1) is 5.92 Å². The van der Waals surface area contributed by atoms with Crippen molar-refractivity contribution in [3.05, 3.63) is 0 Å². The minimum atomic E-state index is -5.33. The van der Waals surface area contributed by atoms with Crippen LogP contribution in [0.25, 0.3) is 0 Å². The Hall–Kier alpha value is -1.81. The lowest BCUT2D eigenvalue weighted by molar-refractivity contribution is -0.204. The average Bonchev–Trinajstić information content (AvgIpc) is 2.35. The number of likely N-dealkylation sites (tertiary alicyclic amines) is 1. The molecule has 0 bridgehead atoms. The predicted molar refractivity (Wildman–Crippen MR) is 52.5 cm³/mol. The molecule has 1 saturated heterocycles. The summed E-state index contributed by atoms with van der Waals surface area (Å²) < 4.78 is 75.6. The summed E-state index contributed by atoms with van der Waals surface area (Å²) in [7, 11) is 0. The maximum atomic E-state index is 12.1. The van der Waals surface area contributed by atoms with Crippen LogP contribution >= 0.6 is 0 Å². The van der Waals surface area contributed by atoms with E-state index in [9.17, 15) is 40.7 Å². The molecular weight excluding hydrogens is 312 g/mol. The van der Waals surface area contributed by atoms with E-state index < -0.39 is 49.2 Å². The molecule has 1 amide bonds. The number of hydrogen-bond acceptors (Lipinski definition) is 4. The second-order valence-electron chi connectivity index (χ2n) is 4.27. The van der Waals surface area contributed by atoms with Crippen molar-refractivity contribution in [3.8, 4) is 0 Å². The van der Waals surface area contributed by atoms with E-state index in [1.165, 1.54) is 0 Å². The molecule has 1 rings (SSSR count). The third-order valence-corrected chi connectivity index (χ3v) is 2.78. The van der Waals surface area contributed by atoms with Crippen LogP contribution in [0.5, 0.6) is 0 Å². The Kier molecular flexibility index (Phi) is 4.84. The van der Waals surface area contributed by atoms with E-state index >= 15 is 0 Å². The van der Waals surface area contributed by atoms with Gasteiger partial charge in [0, 0.05) is 13.1 Å². The van der Waals surface area contributed by atoms with Gasteiger partial charge < -0.3 is 9.64 Å². The number of alkyl halides is 6. The van der Waals surface area contributed by atoms with Gasteiger partial charge in [-0.2, -0.15) is 26.3 Å². The lowest BCUT2D eigenvalue weighted by Crippen LogP contribution is -2.46. The first kappa shape index (κ1) is 17.2. The third-order valence-electron chi connectivity index (χ3n) is 2.78. The van der Waals surface area contributed by atoms with Gasteiger partial charge in [0.2, 0.25) is 0 Å². The minimum Gasteiger partial charge on any atom is -0.386 e. The normalized spacial score (nSPS) is 17.5. The molecule has 0 aliphatic carbocycles. The van der Waals surface area contributed by atoms with Gasteiger partial charge >= 0.3 is 30.2 Å². The van der Waals surface area contributed by atoms with Crippen molar-refractivity contribution in [2.75, 3.05) is 13.1 Å². The van der Waals surface area contributed by atoms with Gasteiger partial charge in [0.1, 0.15) is 0 Å². The van der Waals surface area contributed by atoms with Crippen LogP contribution in [0.1, 0.15) is 12.8 Å². The number of amides is 1. The molecule has 0 aromatic carbocycles. The number of piperidine rings is 1. The monoisotopic (exact) mass is 321 g/mol. The number of carbonyl (C=O) groups excluding carboxylic acids is 3. The highest BCUT2D eigenvalue weighted by Gasteiger charge is 2.46. The smallest absolute Gasteiger partial charge is 0.386 e. The summed E-state index contributed by atoms with van der Waals surface area (Å²) in [6.45, 7) is -0.920. The molecule has 1 aliphatic rings. The molecule has 1 fully saturated rings. The fourth-order valence-electron chi connectivity index (χ4n) is 1.73. The van der Waals surface area contributed by atoms with Gasteiger partial charge in [0.05, 0.1) is 5.92 Å². The summed E-state index contributed by atoms with van der Waals surface area (Å²) in [4.78, 5) is 33.0. The van der Waals surface area contributed by atoms with Crippen molar-refractivity contribution in [1.82, 2.24) is 4.90 Å². The standard InChI is InChI=1S/C10H9F6NO4/c11-9(12,13)7(19)17-3-1-5(2-4-17)6(18)21-8(20)10(14,15)16/h5H,1-4H2. The fourth-order valence-corrected chi connectivity index (χ4v) is 1.73. The van der Waals surface area contributed by atoms with E-state index in [1.54, 1.807) is 0 Å². The molecule has 0 radical (unpaired) electrons. The van der Waals surface area contributed by atoms with Gasteiger partial charge in [0.15, 0.2) is 0 Å². The number of ether oxygens (including phenoxy) is 1. The molecule has 120 valence electrons. The molecule has 0 saturated carbocycles. The van der Waals surface area contributed by atoms with Crippen LogP contribution in [-0.2, 0) is 19.1 Å². The second kappa shape index (κ2) is 5.90. The number of hydrogen-bond donors (Lipinski definition) is 0. The van der Waals surface area contributed by atoms with Crippen molar-refractivity contribution in [1.29, 1.82) is 0 Å².